The van der Waals surface area contributed by atoms with Crippen molar-refractivity contribution in [2.45, 2.75) is 45.1 Å². The fourth-order valence-electron chi connectivity index (χ4n) is 4.30. The number of rotatable bonds is 5. The summed E-state index contributed by atoms with van der Waals surface area (Å²) in [6.45, 7) is 8.19. The summed E-state index contributed by atoms with van der Waals surface area (Å²) in [7, 11) is -1.79. The molecule has 0 aliphatic carbocycles. The number of fused-ring (bicyclic) bond motifs is 2. The molecule has 1 aromatic heterocycles. The second kappa shape index (κ2) is 6.07. The Bertz CT molecular complexity index is 970. The first-order chi connectivity index (χ1) is 12.7. The molecular formula is C20H23NO5Si. The predicted octanol–water partition coefficient (Wildman–Crippen LogP) is 3.70. The smallest absolute Gasteiger partial charge is 0.352 e. The van der Waals surface area contributed by atoms with E-state index in [9.17, 15) is 14.7 Å². The maximum absolute atomic E-state index is 12.8. The van der Waals surface area contributed by atoms with Crippen LogP contribution in [0.15, 0.2) is 40.6 Å². The van der Waals surface area contributed by atoms with Crippen molar-refractivity contribution in [1.82, 2.24) is 4.90 Å². The van der Waals surface area contributed by atoms with Crippen LogP contribution in [0, 0.1) is 5.92 Å². The highest BCUT2D eigenvalue weighted by molar-refractivity contribution is 6.69. The molecular weight excluding hydrogens is 362 g/mol. The standard InChI is InChI=1S/C20H23NO5Si/c1-11(26-27(2,3)4)17-15-10-14(18(20(23)24)21(15)19(17)22)12-5-6-16-13(9-12)7-8-25-16/h5-9,11,15,17H,10H2,1-4H3,(H,23,24)/t11-,15-,17-/m1/s1. The summed E-state index contributed by atoms with van der Waals surface area (Å²) in [4.78, 5) is 26.2. The molecule has 2 aliphatic heterocycles. The zero-order valence-corrected chi connectivity index (χ0v) is 16.9. The van der Waals surface area contributed by atoms with Crippen LogP contribution in [0.4, 0.5) is 0 Å². The largest absolute Gasteiger partial charge is 0.477 e. The molecule has 0 radical (unpaired) electrons. The molecule has 3 atom stereocenters. The number of hydrogen-bond acceptors (Lipinski definition) is 4. The van der Waals surface area contributed by atoms with Crippen LogP contribution in [0.1, 0.15) is 18.9 Å². The van der Waals surface area contributed by atoms with E-state index in [0.29, 0.717) is 12.0 Å². The van der Waals surface area contributed by atoms with Gasteiger partial charge in [-0.05, 0) is 62.3 Å². The average molecular weight is 385 g/mol. The average Bonchev–Trinajstić information content (AvgIpc) is 3.14. The molecule has 4 rings (SSSR count). The van der Waals surface area contributed by atoms with E-state index in [2.05, 4.69) is 19.6 Å². The highest BCUT2D eigenvalue weighted by atomic mass is 28.4. The second-order valence-corrected chi connectivity index (χ2v) is 12.7. The van der Waals surface area contributed by atoms with Crippen molar-refractivity contribution < 1.29 is 23.5 Å². The molecule has 1 N–H and O–H groups in total. The summed E-state index contributed by atoms with van der Waals surface area (Å²) in [5, 5.41) is 10.7. The SMILES string of the molecule is C[C@@H](O[Si](C)(C)C)[C@H]1C(=O)N2C(C(=O)O)=C(c3ccc4occc4c3)C[C@H]12. The van der Waals surface area contributed by atoms with Gasteiger partial charge in [-0.25, -0.2) is 4.79 Å². The lowest BCUT2D eigenvalue weighted by molar-refractivity contribution is -0.160. The van der Waals surface area contributed by atoms with E-state index in [1.807, 2.05) is 31.2 Å². The van der Waals surface area contributed by atoms with E-state index < -0.39 is 14.3 Å². The third-order valence-corrected chi connectivity index (χ3v) is 6.34. The van der Waals surface area contributed by atoms with Crippen LogP contribution >= 0.6 is 0 Å². The number of carboxylic acid groups (broad SMARTS) is 1. The van der Waals surface area contributed by atoms with Crippen LogP contribution in [0.25, 0.3) is 16.5 Å². The maximum Gasteiger partial charge on any atom is 0.352 e. The molecule has 0 unspecified atom stereocenters. The first-order valence-corrected chi connectivity index (χ1v) is 12.5. The van der Waals surface area contributed by atoms with E-state index in [1.54, 1.807) is 6.26 Å². The normalized spacial score (nSPS) is 23.6. The minimum Gasteiger partial charge on any atom is -0.477 e. The molecule has 1 saturated heterocycles. The Morgan fingerprint density at radius 2 is 2.07 bits per heavy atom. The molecule has 7 heteroatoms. The fourth-order valence-corrected chi connectivity index (χ4v) is 5.56. The van der Waals surface area contributed by atoms with Crippen molar-refractivity contribution in [2.75, 3.05) is 0 Å². The van der Waals surface area contributed by atoms with Crippen molar-refractivity contribution in [3.63, 3.8) is 0 Å². The summed E-state index contributed by atoms with van der Waals surface area (Å²) in [5.41, 5.74) is 2.38. The van der Waals surface area contributed by atoms with Crippen LogP contribution in [0.5, 0.6) is 0 Å². The zero-order chi connectivity index (χ0) is 19.5. The molecule has 0 bridgehead atoms. The van der Waals surface area contributed by atoms with Crippen LogP contribution in [-0.4, -0.2) is 42.3 Å². The lowest BCUT2D eigenvalue weighted by Crippen LogP contribution is -2.63. The number of benzene rings is 1. The number of carbonyl (C=O) groups is 2. The predicted molar refractivity (Wildman–Crippen MR) is 103 cm³/mol. The number of furan rings is 1. The van der Waals surface area contributed by atoms with E-state index >= 15 is 0 Å². The van der Waals surface area contributed by atoms with Gasteiger partial charge in [0, 0.05) is 5.39 Å². The molecule has 6 nitrogen and oxygen atoms in total. The third kappa shape index (κ3) is 2.91. The Labute approximate surface area is 158 Å². The molecule has 0 saturated carbocycles. The third-order valence-electron chi connectivity index (χ3n) is 5.26. The van der Waals surface area contributed by atoms with Crippen LogP contribution in [0.2, 0.25) is 19.6 Å². The van der Waals surface area contributed by atoms with Crippen molar-refractivity contribution in [1.29, 1.82) is 0 Å². The minimum atomic E-state index is -1.79. The number of β-lactam (4-membered cyclic amide) rings is 1. The number of amides is 1. The second-order valence-electron chi connectivity index (χ2n) is 8.25. The number of carbonyl (C=O) groups excluding carboxylic acids is 1. The summed E-state index contributed by atoms with van der Waals surface area (Å²) in [5.74, 6) is -1.51. The molecule has 3 heterocycles. The zero-order valence-electron chi connectivity index (χ0n) is 15.9. The Balaban J connectivity index is 1.68. The summed E-state index contributed by atoms with van der Waals surface area (Å²) in [6, 6.07) is 7.32. The summed E-state index contributed by atoms with van der Waals surface area (Å²) < 4.78 is 11.5. The molecule has 1 aromatic carbocycles. The summed E-state index contributed by atoms with van der Waals surface area (Å²) in [6.07, 6.45) is 1.93. The molecule has 142 valence electrons. The highest BCUT2D eigenvalue weighted by Gasteiger charge is 2.57. The lowest BCUT2D eigenvalue weighted by atomic mass is 9.82. The van der Waals surface area contributed by atoms with E-state index in [4.69, 9.17) is 8.84 Å². The van der Waals surface area contributed by atoms with E-state index in [-0.39, 0.29) is 29.7 Å². The minimum absolute atomic E-state index is 0.101. The van der Waals surface area contributed by atoms with Crippen molar-refractivity contribution >= 4 is 36.7 Å². The van der Waals surface area contributed by atoms with Crippen LogP contribution in [0.3, 0.4) is 0 Å². The Morgan fingerprint density at radius 3 is 2.74 bits per heavy atom. The van der Waals surface area contributed by atoms with Crippen LogP contribution < -0.4 is 0 Å². The number of aliphatic carboxylic acids is 1. The van der Waals surface area contributed by atoms with Gasteiger partial charge in [0.2, 0.25) is 5.91 Å². The Kier molecular flexibility index (Phi) is 4.05. The Hall–Kier alpha value is -2.38. The highest BCUT2D eigenvalue weighted by Crippen LogP contribution is 2.48. The van der Waals surface area contributed by atoms with Gasteiger partial charge in [-0.3, -0.25) is 4.79 Å². The molecule has 27 heavy (non-hydrogen) atoms. The molecule has 1 fully saturated rings. The summed E-state index contributed by atoms with van der Waals surface area (Å²) >= 11 is 0. The van der Waals surface area contributed by atoms with Crippen molar-refractivity contribution in [3.8, 4) is 0 Å². The number of carboxylic acids is 1. The quantitative estimate of drug-likeness (QED) is 0.627. The monoisotopic (exact) mass is 385 g/mol. The van der Waals surface area contributed by atoms with Crippen molar-refractivity contribution in [3.05, 3.63) is 41.8 Å². The van der Waals surface area contributed by atoms with Gasteiger partial charge in [-0.1, -0.05) is 6.07 Å². The molecule has 0 spiro atoms. The van der Waals surface area contributed by atoms with E-state index in [1.165, 1.54) is 4.90 Å². The van der Waals surface area contributed by atoms with Gasteiger partial charge in [-0.2, -0.15) is 0 Å². The molecule has 1 amide bonds. The van der Waals surface area contributed by atoms with Gasteiger partial charge in [0.1, 0.15) is 11.3 Å². The van der Waals surface area contributed by atoms with Gasteiger partial charge in [-0.15, -0.1) is 0 Å². The van der Waals surface area contributed by atoms with Crippen molar-refractivity contribution in [2.24, 2.45) is 5.92 Å². The fraction of sp³-hybridized carbons (Fsp3) is 0.400. The van der Waals surface area contributed by atoms with Gasteiger partial charge in [0.15, 0.2) is 8.32 Å². The Morgan fingerprint density at radius 1 is 1.33 bits per heavy atom. The van der Waals surface area contributed by atoms with Gasteiger partial charge in [0.05, 0.1) is 24.3 Å². The number of hydrogen-bond donors (Lipinski definition) is 1. The number of nitrogens with zero attached hydrogens (tertiary/aromatic N) is 1. The topological polar surface area (TPSA) is 80.0 Å². The van der Waals surface area contributed by atoms with Crippen LogP contribution in [-0.2, 0) is 14.0 Å². The maximum atomic E-state index is 12.8. The molecule has 2 aromatic rings. The van der Waals surface area contributed by atoms with Gasteiger partial charge in [0.25, 0.3) is 0 Å². The first-order valence-electron chi connectivity index (χ1n) is 9.12. The lowest BCUT2D eigenvalue weighted by Gasteiger charge is -2.47. The first kappa shape index (κ1) is 18.0. The van der Waals surface area contributed by atoms with Gasteiger partial charge < -0.3 is 18.8 Å². The molecule has 2 aliphatic rings. The van der Waals surface area contributed by atoms with E-state index in [0.717, 1.165) is 16.5 Å². The van der Waals surface area contributed by atoms with Gasteiger partial charge >= 0.3 is 5.97 Å².